The van der Waals surface area contributed by atoms with E-state index in [4.69, 9.17) is 4.99 Å². The summed E-state index contributed by atoms with van der Waals surface area (Å²) in [5.41, 5.74) is 4.59. The van der Waals surface area contributed by atoms with Crippen molar-refractivity contribution in [3.05, 3.63) is 81.2 Å². The number of benzene rings is 2. The van der Waals surface area contributed by atoms with E-state index in [1.807, 2.05) is 79.9 Å². The zero-order valence-electron chi connectivity index (χ0n) is 17.7. The molecule has 6 nitrogen and oxygen atoms in total. The lowest BCUT2D eigenvalue weighted by molar-refractivity contribution is 0.102. The average molecular weight is 448 g/mol. The Morgan fingerprint density at radius 2 is 1.65 bits per heavy atom. The van der Waals surface area contributed by atoms with Crippen molar-refractivity contribution in [1.29, 1.82) is 0 Å². The van der Waals surface area contributed by atoms with Crippen LogP contribution in [0.25, 0.3) is 5.69 Å². The molecule has 0 fully saturated rings. The molecule has 0 spiro atoms. The van der Waals surface area contributed by atoms with Gasteiger partial charge in [-0.25, -0.2) is 4.98 Å². The molecule has 0 atom stereocenters. The predicted molar refractivity (Wildman–Crippen MR) is 126 cm³/mol. The summed E-state index contributed by atoms with van der Waals surface area (Å²) >= 11 is 2.74. The zero-order valence-corrected chi connectivity index (χ0v) is 19.3. The summed E-state index contributed by atoms with van der Waals surface area (Å²) in [5, 5.41) is 10.2. The molecule has 8 heteroatoms. The second-order valence-electron chi connectivity index (χ2n) is 7.06. The molecule has 4 rings (SSSR count). The molecule has 2 aromatic carbocycles. The zero-order chi connectivity index (χ0) is 22.0. The van der Waals surface area contributed by atoms with Crippen LogP contribution in [0.3, 0.4) is 0 Å². The molecule has 0 aliphatic heterocycles. The van der Waals surface area contributed by atoms with Gasteiger partial charge in [0.1, 0.15) is 0 Å². The molecule has 0 amide bonds. The number of hydrogen-bond acceptors (Lipinski definition) is 7. The first-order valence-corrected chi connectivity index (χ1v) is 11.3. The number of azo groups is 1. The topological polar surface area (TPSA) is 72.0 Å². The van der Waals surface area contributed by atoms with Crippen LogP contribution in [0, 0.1) is 20.8 Å². The van der Waals surface area contributed by atoms with E-state index >= 15 is 0 Å². The highest BCUT2D eigenvalue weighted by Gasteiger charge is 2.14. The molecule has 0 saturated heterocycles. The maximum absolute atomic E-state index is 11.8. The maximum Gasteiger partial charge on any atom is 0.212 e. The van der Waals surface area contributed by atoms with E-state index in [0.717, 1.165) is 26.9 Å². The lowest BCUT2D eigenvalue weighted by Gasteiger charge is -2.05. The highest BCUT2D eigenvalue weighted by atomic mass is 32.1. The highest BCUT2D eigenvalue weighted by molar-refractivity contribution is 7.17. The van der Waals surface area contributed by atoms with Gasteiger partial charge in [0.05, 0.1) is 22.0 Å². The number of rotatable bonds is 5. The van der Waals surface area contributed by atoms with Crippen molar-refractivity contribution in [2.45, 2.75) is 27.7 Å². The third kappa shape index (κ3) is 4.60. The van der Waals surface area contributed by atoms with Crippen molar-refractivity contribution in [3.63, 3.8) is 0 Å². The molecule has 0 radical (unpaired) electrons. The SMILES string of the molecule is CC(=O)c1sc(/N=c2\sc(N=Nc3ccc(C)cc3)c(C)n2-c2ccccc2)nc1C. The summed E-state index contributed by atoms with van der Waals surface area (Å²) in [6.07, 6.45) is 0. The fraction of sp³-hybridized carbons (Fsp3) is 0.174. The van der Waals surface area contributed by atoms with Gasteiger partial charge in [-0.3, -0.25) is 9.36 Å². The van der Waals surface area contributed by atoms with Crippen LogP contribution in [0.5, 0.6) is 0 Å². The van der Waals surface area contributed by atoms with Gasteiger partial charge in [-0.05, 0) is 45.0 Å². The van der Waals surface area contributed by atoms with Gasteiger partial charge >= 0.3 is 0 Å². The molecule has 0 bridgehead atoms. The van der Waals surface area contributed by atoms with Gasteiger partial charge in [0.25, 0.3) is 0 Å². The number of nitrogens with zero attached hydrogens (tertiary/aromatic N) is 5. The van der Waals surface area contributed by atoms with Crippen molar-refractivity contribution < 1.29 is 4.79 Å². The first kappa shape index (κ1) is 21.0. The van der Waals surface area contributed by atoms with E-state index in [-0.39, 0.29) is 5.78 Å². The summed E-state index contributed by atoms with van der Waals surface area (Å²) in [6, 6.07) is 17.9. The Balaban J connectivity index is 1.84. The first-order valence-electron chi connectivity index (χ1n) is 9.72. The molecule has 4 aromatic rings. The molecular weight excluding hydrogens is 426 g/mol. The van der Waals surface area contributed by atoms with Crippen molar-refractivity contribution >= 4 is 44.3 Å². The Morgan fingerprint density at radius 1 is 0.935 bits per heavy atom. The van der Waals surface area contributed by atoms with E-state index in [1.54, 1.807) is 6.92 Å². The summed E-state index contributed by atoms with van der Waals surface area (Å²) in [7, 11) is 0. The van der Waals surface area contributed by atoms with Crippen LogP contribution >= 0.6 is 22.7 Å². The molecule has 0 saturated carbocycles. The lowest BCUT2D eigenvalue weighted by Crippen LogP contribution is -2.13. The summed E-state index contributed by atoms with van der Waals surface area (Å²) in [5.74, 6) is 0.00216. The Labute approximate surface area is 188 Å². The van der Waals surface area contributed by atoms with Crippen LogP contribution in [0.1, 0.15) is 33.5 Å². The van der Waals surface area contributed by atoms with E-state index in [2.05, 4.69) is 15.2 Å². The summed E-state index contributed by atoms with van der Waals surface area (Å²) in [6.45, 7) is 7.42. The smallest absolute Gasteiger partial charge is 0.212 e. The number of ketones is 1. The number of carbonyl (C=O) groups is 1. The minimum Gasteiger partial charge on any atom is -0.294 e. The number of thiazole rings is 2. The van der Waals surface area contributed by atoms with Crippen LogP contribution < -0.4 is 4.80 Å². The average Bonchev–Trinajstić information content (AvgIpc) is 3.27. The van der Waals surface area contributed by atoms with Crippen molar-refractivity contribution in [1.82, 2.24) is 9.55 Å². The van der Waals surface area contributed by atoms with E-state index in [1.165, 1.54) is 28.2 Å². The minimum atomic E-state index is 0.00216. The van der Waals surface area contributed by atoms with Crippen molar-refractivity contribution in [2.75, 3.05) is 0 Å². The van der Waals surface area contributed by atoms with Gasteiger partial charge in [0, 0.05) is 12.6 Å². The predicted octanol–water partition coefficient (Wildman–Crippen LogP) is 6.77. The highest BCUT2D eigenvalue weighted by Crippen LogP contribution is 2.29. The number of aromatic nitrogens is 2. The third-order valence-electron chi connectivity index (χ3n) is 4.63. The standard InChI is InChI=1S/C23H21N5OS2/c1-14-10-12-18(13-11-14)26-27-21-16(3)28(19-8-6-5-7-9-19)23(31-21)25-22-24-15(2)20(30-22)17(4)29/h5-13H,1-4H3/b25-23-,27-26?. The van der Waals surface area contributed by atoms with Crippen LogP contribution in [-0.4, -0.2) is 15.3 Å². The van der Waals surface area contributed by atoms with Crippen LogP contribution in [0.4, 0.5) is 15.8 Å². The monoisotopic (exact) mass is 447 g/mol. The second-order valence-corrected chi connectivity index (χ2v) is 8.99. The minimum absolute atomic E-state index is 0.00216. The molecule has 31 heavy (non-hydrogen) atoms. The second kappa shape index (κ2) is 8.87. The van der Waals surface area contributed by atoms with Crippen LogP contribution in [0.2, 0.25) is 0 Å². The van der Waals surface area contributed by atoms with Gasteiger partial charge in [0.2, 0.25) is 5.13 Å². The van der Waals surface area contributed by atoms with Gasteiger partial charge in [-0.15, -0.1) is 10.2 Å². The normalized spacial score (nSPS) is 12.1. The molecule has 0 aliphatic carbocycles. The van der Waals surface area contributed by atoms with E-state index in [9.17, 15) is 4.79 Å². The van der Waals surface area contributed by atoms with Crippen molar-refractivity contribution in [2.24, 2.45) is 15.2 Å². The molecule has 0 aliphatic rings. The largest absolute Gasteiger partial charge is 0.294 e. The molecular formula is C23H21N5OS2. The van der Waals surface area contributed by atoms with Gasteiger partial charge < -0.3 is 0 Å². The van der Waals surface area contributed by atoms with Gasteiger partial charge in [-0.1, -0.05) is 58.6 Å². The fourth-order valence-corrected chi connectivity index (χ4v) is 4.90. The Hall–Kier alpha value is -3.23. The maximum atomic E-state index is 11.8. The number of aryl methyl sites for hydroxylation is 2. The number of carbonyl (C=O) groups excluding carboxylic acids is 1. The Kier molecular flexibility index (Phi) is 6.01. The molecule has 0 unspecified atom stereocenters. The molecule has 2 heterocycles. The Bertz CT molecular complexity index is 1330. The first-order chi connectivity index (χ1) is 14.9. The Morgan fingerprint density at radius 3 is 2.29 bits per heavy atom. The van der Waals surface area contributed by atoms with Gasteiger partial charge in [0.15, 0.2) is 15.6 Å². The third-order valence-corrected chi connectivity index (χ3v) is 6.80. The van der Waals surface area contributed by atoms with E-state index < -0.39 is 0 Å². The van der Waals surface area contributed by atoms with E-state index in [0.29, 0.717) is 15.7 Å². The quantitative estimate of drug-likeness (QED) is 0.250. The number of para-hydroxylation sites is 1. The number of Topliss-reactive ketones (excluding diaryl/α,β-unsaturated/α-hetero) is 1. The van der Waals surface area contributed by atoms with Crippen LogP contribution in [-0.2, 0) is 0 Å². The van der Waals surface area contributed by atoms with Crippen LogP contribution in [0.15, 0.2) is 69.8 Å². The lowest BCUT2D eigenvalue weighted by atomic mass is 10.2. The number of hydrogen-bond donors (Lipinski definition) is 0. The molecule has 2 aromatic heterocycles. The van der Waals surface area contributed by atoms with Crippen molar-refractivity contribution in [3.8, 4) is 5.69 Å². The summed E-state index contributed by atoms with van der Waals surface area (Å²) in [4.78, 5) is 22.4. The molecule has 0 N–H and O–H groups in total. The summed E-state index contributed by atoms with van der Waals surface area (Å²) < 4.78 is 2.04. The fourth-order valence-electron chi connectivity index (χ4n) is 3.04. The van der Waals surface area contributed by atoms with Gasteiger partial charge in [-0.2, -0.15) is 4.99 Å². The molecule has 156 valence electrons.